The third kappa shape index (κ3) is 4.41. The monoisotopic (exact) mass is 251 g/mol. The maximum Gasteiger partial charge on any atom is 0.123 e. The highest BCUT2D eigenvalue weighted by Crippen LogP contribution is 2.24. The van der Waals surface area contributed by atoms with Gasteiger partial charge in [0.15, 0.2) is 0 Å². The molecular weight excluding hydrogens is 225 g/mol. The SMILES string of the molecule is CCCNC(Cc1ccc(F)cc1C)C(C)(C)C. The van der Waals surface area contributed by atoms with E-state index < -0.39 is 0 Å². The Hall–Kier alpha value is -0.890. The van der Waals surface area contributed by atoms with E-state index in [2.05, 4.69) is 33.0 Å². The second kappa shape index (κ2) is 6.33. The third-order valence-corrected chi connectivity index (χ3v) is 3.41. The van der Waals surface area contributed by atoms with Crippen LogP contribution in [0.15, 0.2) is 18.2 Å². The minimum Gasteiger partial charge on any atom is -0.313 e. The average Bonchev–Trinajstić information content (AvgIpc) is 2.25. The van der Waals surface area contributed by atoms with E-state index in [1.807, 2.05) is 13.0 Å². The zero-order valence-corrected chi connectivity index (χ0v) is 12.3. The molecule has 1 nitrogen and oxygen atoms in total. The molecule has 0 aliphatic heterocycles. The Kier molecular flexibility index (Phi) is 5.33. The van der Waals surface area contributed by atoms with Gasteiger partial charge in [-0.3, -0.25) is 0 Å². The second-order valence-electron chi connectivity index (χ2n) is 6.15. The first kappa shape index (κ1) is 15.2. The lowest BCUT2D eigenvalue weighted by Crippen LogP contribution is -2.42. The van der Waals surface area contributed by atoms with Crippen molar-refractivity contribution in [1.29, 1.82) is 0 Å². The van der Waals surface area contributed by atoms with Gasteiger partial charge in [0.25, 0.3) is 0 Å². The molecule has 1 unspecified atom stereocenters. The zero-order valence-electron chi connectivity index (χ0n) is 12.3. The van der Waals surface area contributed by atoms with Crippen LogP contribution in [0, 0.1) is 18.2 Å². The van der Waals surface area contributed by atoms with Crippen LogP contribution in [-0.2, 0) is 6.42 Å². The molecule has 0 bridgehead atoms. The average molecular weight is 251 g/mol. The first-order valence-electron chi connectivity index (χ1n) is 6.83. The van der Waals surface area contributed by atoms with E-state index in [0.29, 0.717) is 6.04 Å². The van der Waals surface area contributed by atoms with Gasteiger partial charge in [0.1, 0.15) is 5.82 Å². The maximum absolute atomic E-state index is 13.1. The smallest absolute Gasteiger partial charge is 0.123 e. The molecule has 0 radical (unpaired) electrons. The fourth-order valence-electron chi connectivity index (χ4n) is 2.11. The summed E-state index contributed by atoms with van der Waals surface area (Å²) < 4.78 is 13.1. The van der Waals surface area contributed by atoms with Gasteiger partial charge >= 0.3 is 0 Å². The van der Waals surface area contributed by atoms with E-state index in [-0.39, 0.29) is 11.2 Å². The summed E-state index contributed by atoms with van der Waals surface area (Å²) in [5.74, 6) is -0.148. The van der Waals surface area contributed by atoms with Crippen LogP contribution in [0.3, 0.4) is 0 Å². The molecule has 1 N–H and O–H groups in total. The summed E-state index contributed by atoms with van der Waals surface area (Å²) in [6.45, 7) is 11.9. The molecule has 0 aliphatic rings. The van der Waals surface area contributed by atoms with Crippen molar-refractivity contribution in [2.45, 2.75) is 53.5 Å². The normalized spacial score (nSPS) is 13.7. The Morgan fingerprint density at radius 3 is 2.44 bits per heavy atom. The van der Waals surface area contributed by atoms with Crippen molar-refractivity contribution in [2.24, 2.45) is 5.41 Å². The zero-order chi connectivity index (χ0) is 13.8. The molecule has 18 heavy (non-hydrogen) atoms. The van der Waals surface area contributed by atoms with Crippen molar-refractivity contribution >= 4 is 0 Å². The Bertz CT molecular complexity index is 379. The lowest BCUT2D eigenvalue weighted by Gasteiger charge is -2.32. The van der Waals surface area contributed by atoms with Crippen LogP contribution in [0.1, 0.15) is 45.2 Å². The van der Waals surface area contributed by atoms with E-state index >= 15 is 0 Å². The fourth-order valence-corrected chi connectivity index (χ4v) is 2.11. The van der Waals surface area contributed by atoms with E-state index in [1.54, 1.807) is 12.1 Å². The molecule has 102 valence electrons. The van der Waals surface area contributed by atoms with Crippen LogP contribution in [0.2, 0.25) is 0 Å². The molecule has 0 fully saturated rings. The molecule has 0 saturated carbocycles. The summed E-state index contributed by atoms with van der Waals surface area (Å²) in [4.78, 5) is 0. The molecule has 0 spiro atoms. The maximum atomic E-state index is 13.1. The number of hydrogen-bond acceptors (Lipinski definition) is 1. The predicted octanol–water partition coefficient (Wildman–Crippen LogP) is 4.09. The van der Waals surface area contributed by atoms with Crippen LogP contribution in [0.25, 0.3) is 0 Å². The van der Waals surface area contributed by atoms with Crippen molar-refractivity contribution in [3.05, 3.63) is 35.1 Å². The van der Waals surface area contributed by atoms with E-state index in [4.69, 9.17) is 0 Å². The highest BCUT2D eigenvalue weighted by Gasteiger charge is 2.24. The van der Waals surface area contributed by atoms with Gasteiger partial charge in [0.2, 0.25) is 0 Å². The first-order valence-corrected chi connectivity index (χ1v) is 6.83. The summed E-state index contributed by atoms with van der Waals surface area (Å²) in [7, 11) is 0. The predicted molar refractivity (Wildman–Crippen MR) is 76.4 cm³/mol. The summed E-state index contributed by atoms with van der Waals surface area (Å²) in [5.41, 5.74) is 2.48. The molecule has 1 rings (SSSR count). The Morgan fingerprint density at radius 2 is 1.94 bits per heavy atom. The molecule has 0 heterocycles. The quantitative estimate of drug-likeness (QED) is 0.831. The van der Waals surface area contributed by atoms with Crippen LogP contribution >= 0.6 is 0 Å². The summed E-state index contributed by atoms with van der Waals surface area (Å²) in [5, 5.41) is 3.61. The molecular formula is C16H26FN. The second-order valence-corrected chi connectivity index (χ2v) is 6.15. The number of hydrogen-bond donors (Lipinski definition) is 1. The van der Waals surface area contributed by atoms with Gasteiger partial charge in [-0.2, -0.15) is 0 Å². The summed E-state index contributed by atoms with van der Waals surface area (Å²) in [6.07, 6.45) is 2.09. The summed E-state index contributed by atoms with van der Waals surface area (Å²) in [6, 6.07) is 5.51. The van der Waals surface area contributed by atoms with Gasteiger partial charge < -0.3 is 5.32 Å². The molecule has 1 atom stereocenters. The van der Waals surface area contributed by atoms with E-state index in [0.717, 1.165) is 24.9 Å². The van der Waals surface area contributed by atoms with Gasteiger partial charge in [0.05, 0.1) is 0 Å². The number of aryl methyl sites for hydroxylation is 1. The van der Waals surface area contributed by atoms with E-state index in [9.17, 15) is 4.39 Å². The van der Waals surface area contributed by atoms with Gasteiger partial charge in [0, 0.05) is 6.04 Å². The highest BCUT2D eigenvalue weighted by atomic mass is 19.1. The van der Waals surface area contributed by atoms with Crippen LogP contribution < -0.4 is 5.32 Å². The van der Waals surface area contributed by atoms with Gasteiger partial charge in [-0.1, -0.05) is 33.8 Å². The van der Waals surface area contributed by atoms with Gasteiger partial charge in [-0.05, 0) is 55.0 Å². The molecule has 0 saturated heterocycles. The molecule has 1 aromatic carbocycles. The van der Waals surface area contributed by atoms with Gasteiger partial charge in [-0.15, -0.1) is 0 Å². The molecule has 0 aliphatic carbocycles. The van der Waals surface area contributed by atoms with Crippen LogP contribution in [0.5, 0.6) is 0 Å². The number of benzene rings is 1. The van der Waals surface area contributed by atoms with E-state index in [1.165, 1.54) is 5.56 Å². The van der Waals surface area contributed by atoms with Gasteiger partial charge in [-0.25, -0.2) is 4.39 Å². The van der Waals surface area contributed by atoms with Crippen LogP contribution in [-0.4, -0.2) is 12.6 Å². The largest absolute Gasteiger partial charge is 0.313 e. The molecule has 2 heteroatoms. The number of rotatable bonds is 5. The van der Waals surface area contributed by atoms with Crippen molar-refractivity contribution in [3.8, 4) is 0 Å². The lowest BCUT2D eigenvalue weighted by molar-refractivity contribution is 0.266. The topological polar surface area (TPSA) is 12.0 Å². The summed E-state index contributed by atoms with van der Waals surface area (Å²) >= 11 is 0. The van der Waals surface area contributed by atoms with Crippen molar-refractivity contribution in [3.63, 3.8) is 0 Å². The van der Waals surface area contributed by atoms with Crippen LogP contribution in [0.4, 0.5) is 4.39 Å². The standard InChI is InChI=1S/C16H26FN/c1-6-9-18-15(16(3,4)5)11-13-7-8-14(17)10-12(13)2/h7-8,10,15,18H,6,9,11H2,1-5H3. The van der Waals surface area contributed by atoms with Crippen molar-refractivity contribution in [1.82, 2.24) is 5.32 Å². The highest BCUT2D eigenvalue weighted by molar-refractivity contribution is 5.27. The molecule has 0 amide bonds. The third-order valence-electron chi connectivity index (χ3n) is 3.41. The molecule has 1 aromatic rings. The lowest BCUT2D eigenvalue weighted by atomic mass is 9.82. The minimum absolute atomic E-state index is 0.148. The fraction of sp³-hybridized carbons (Fsp3) is 0.625. The van der Waals surface area contributed by atoms with Crippen molar-refractivity contribution in [2.75, 3.05) is 6.54 Å². The Labute approximate surface area is 111 Å². The number of nitrogens with one attached hydrogen (secondary N) is 1. The number of halogens is 1. The Morgan fingerprint density at radius 1 is 1.28 bits per heavy atom. The molecule has 0 aromatic heterocycles. The minimum atomic E-state index is -0.148. The Balaban J connectivity index is 2.82. The first-order chi connectivity index (χ1) is 8.34. The van der Waals surface area contributed by atoms with Crippen molar-refractivity contribution < 1.29 is 4.39 Å².